The van der Waals surface area contributed by atoms with Crippen LogP contribution in [0.1, 0.15) is 10.6 Å². The molecule has 0 radical (unpaired) electrons. The van der Waals surface area contributed by atoms with Crippen LogP contribution in [0.25, 0.3) is 22.3 Å². The zero-order valence-corrected chi connectivity index (χ0v) is 22.0. The summed E-state index contributed by atoms with van der Waals surface area (Å²) in [5, 5.41) is 6.78. The molecule has 38 heavy (non-hydrogen) atoms. The number of carbonyl (C=O) groups is 1. The standard InChI is InChI=1S/C27H29N7O3.H2S/c35-27(24-2-1-14-37-24)34-12-10-33(11-13-34)20-5-3-19(4-6-20)22-16-23-25(30-8-7-29-23)26(32-22)31-18-21-17-28-9-15-36-21;/h1-8,14,16,21,28H,9-13,15,17-18H2,(H,31,32);1H2. The molecular formula is C27H31N7O3S. The van der Waals surface area contributed by atoms with Crippen LogP contribution < -0.4 is 15.5 Å². The molecule has 0 aliphatic carbocycles. The second-order valence-electron chi connectivity index (χ2n) is 9.16. The van der Waals surface area contributed by atoms with Gasteiger partial charge in [0.15, 0.2) is 11.6 Å². The van der Waals surface area contributed by atoms with Gasteiger partial charge in [0, 0.05) is 69.5 Å². The lowest BCUT2D eigenvalue weighted by Crippen LogP contribution is -2.48. The molecule has 198 valence electrons. The van der Waals surface area contributed by atoms with Crippen LogP contribution in [0.3, 0.4) is 0 Å². The van der Waals surface area contributed by atoms with E-state index in [2.05, 4.69) is 49.8 Å². The minimum absolute atomic E-state index is 0. The van der Waals surface area contributed by atoms with Gasteiger partial charge in [0.2, 0.25) is 0 Å². The number of carbonyl (C=O) groups excluding carboxylic acids is 1. The Morgan fingerprint density at radius 3 is 2.63 bits per heavy atom. The van der Waals surface area contributed by atoms with Crippen LogP contribution in [-0.4, -0.2) is 84.3 Å². The number of fused-ring (bicyclic) bond motifs is 1. The van der Waals surface area contributed by atoms with Crippen molar-refractivity contribution in [2.24, 2.45) is 0 Å². The summed E-state index contributed by atoms with van der Waals surface area (Å²) in [5.41, 5.74) is 4.49. The van der Waals surface area contributed by atoms with Gasteiger partial charge in [-0.3, -0.25) is 9.78 Å². The van der Waals surface area contributed by atoms with Crippen LogP contribution in [0.2, 0.25) is 0 Å². The first-order chi connectivity index (χ1) is 18.2. The van der Waals surface area contributed by atoms with Gasteiger partial charge in [-0.1, -0.05) is 12.1 Å². The van der Waals surface area contributed by atoms with Crippen molar-refractivity contribution in [3.05, 3.63) is 66.9 Å². The Kier molecular flexibility index (Phi) is 8.06. The highest BCUT2D eigenvalue weighted by Gasteiger charge is 2.24. The molecule has 4 aromatic rings. The maximum absolute atomic E-state index is 12.5. The quantitative estimate of drug-likeness (QED) is 0.387. The van der Waals surface area contributed by atoms with E-state index in [1.807, 2.05) is 11.0 Å². The average Bonchev–Trinajstić information content (AvgIpc) is 3.51. The molecule has 10 nitrogen and oxygen atoms in total. The second-order valence-corrected chi connectivity index (χ2v) is 9.16. The summed E-state index contributed by atoms with van der Waals surface area (Å²) >= 11 is 0. The third-order valence-electron chi connectivity index (χ3n) is 6.79. The highest BCUT2D eigenvalue weighted by molar-refractivity contribution is 7.59. The van der Waals surface area contributed by atoms with Crippen LogP contribution in [-0.2, 0) is 4.74 Å². The molecule has 0 spiro atoms. The molecule has 2 aliphatic heterocycles. The van der Waals surface area contributed by atoms with Crippen molar-refractivity contribution in [1.29, 1.82) is 0 Å². The number of amides is 1. The van der Waals surface area contributed by atoms with Crippen LogP contribution in [0.15, 0.2) is 65.5 Å². The van der Waals surface area contributed by atoms with E-state index in [1.54, 1.807) is 24.5 Å². The van der Waals surface area contributed by atoms with Crippen molar-refractivity contribution in [2.45, 2.75) is 6.10 Å². The molecule has 1 aromatic carbocycles. The molecule has 3 aromatic heterocycles. The number of aromatic nitrogens is 3. The Bertz CT molecular complexity index is 1350. The number of rotatable bonds is 6. The second kappa shape index (κ2) is 11.8. The number of piperazine rings is 1. The Morgan fingerprint density at radius 2 is 1.89 bits per heavy atom. The number of furan rings is 1. The fraction of sp³-hybridized carbons (Fsp3) is 0.333. The summed E-state index contributed by atoms with van der Waals surface area (Å²) in [7, 11) is 0. The fourth-order valence-electron chi connectivity index (χ4n) is 4.77. The van der Waals surface area contributed by atoms with Gasteiger partial charge in [-0.15, -0.1) is 0 Å². The van der Waals surface area contributed by atoms with Crippen LogP contribution in [0.5, 0.6) is 0 Å². The lowest BCUT2D eigenvalue weighted by atomic mass is 10.1. The number of nitrogens with one attached hydrogen (secondary N) is 2. The molecule has 11 heteroatoms. The molecule has 0 bridgehead atoms. The predicted octanol–water partition coefficient (Wildman–Crippen LogP) is 2.76. The lowest BCUT2D eigenvalue weighted by molar-refractivity contribution is 0.0372. The largest absolute Gasteiger partial charge is 0.459 e. The SMILES string of the molecule is O=C(c1ccco1)N1CCN(c2ccc(-c3cc4nccnc4c(NCC4CNCCO4)n3)cc2)CC1.S. The van der Waals surface area contributed by atoms with Crippen LogP contribution in [0, 0.1) is 0 Å². The summed E-state index contributed by atoms with van der Waals surface area (Å²) in [4.78, 5) is 30.6. The topological polar surface area (TPSA) is 109 Å². The van der Waals surface area contributed by atoms with Gasteiger partial charge < -0.3 is 29.6 Å². The molecule has 2 aliphatic rings. The van der Waals surface area contributed by atoms with Crippen molar-refractivity contribution < 1.29 is 13.9 Å². The Balaban J connectivity index is 0.00000294. The van der Waals surface area contributed by atoms with Crippen molar-refractivity contribution in [1.82, 2.24) is 25.2 Å². The van der Waals surface area contributed by atoms with Gasteiger partial charge in [0.1, 0.15) is 5.52 Å². The van der Waals surface area contributed by atoms with Crippen molar-refractivity contribution >= 4 is 41.9 Å². The Hall–Kier alpha value is -3.67. The third kappa shape index (κ3) is 5.59. The molecule has 6 rings (SSSR count). The Labute approximate surface area is 227 Å². The normalized spacial score (nSPS) is 17.7. The third-order valence-corrected chi connectivity index (χ3v) is 6.79. The predicted molar refractivity (Wildman–Crippen MR) is 151 cm³/mol. The summed E-state index contributed by atoms with van der Waals surface area (Å²) in [6, 6.07) is 13.8. The van der Waals surface area contributed by atoms with Gasteiger partial charge in [0.25, 0.3) is 5.91 Å². The van der Waals surface area contributed by atoms with Crippen molar-refractivity contribution in [3.8, 4) is 11.3 Å². The number of hydrogen-bond donors (Lipinski definition) is 2. The maximum atomic E-state index is 12.5. The maximum Gasteiger partial charge on any atom is 0.289 e. The number of benzene rings is 1. The Morgan fingerprint density at radius 1 is 1.08 bits per heavy atom. The van der Waals surface area contributed by atoms with E-state index in [-0.39, 0.29) is 25.5 Å². The van der Waals surface area contributed by atoms with Gasteiger partial charge in [-0.25, -0.2) is 9.97 Å². The molecule has 1 amide bonds. The first kappa shape index (κ1) is 26.0. The van der Waals surface area contributed by atoms with Crippen LogP contribution in [0.4, 0.5) is 11.5 Å². The minimum Gasteiger partial charge on any atom is -0.459 e. The number of morpholine rings is 1. The van der Waals surface area contributed by atoms with Gasteiger partial charge in [-0.05, 0) is 30.3 Å². The number of hydrogen-bond acceptors (Lipinski definition) is 9. The van der Waals surface area contributed by atoms with Gasteiger partial charge in [0.05, 0.1) is 30.2 Å². The first-order valence-electron chi connectivity index (χ1n) is 12.6. The van der Waals surface area contributed by atoms with E-state index >= 15 is 0 Å². The molecule has 2 saturated heterocycles. The zero-order valence-electron chi connectivity index (χ0n) is 21.0. The summed E-state index contributed by atoms with van der Waals surface area (Å²) in [6.07, 6.45) is 5.00. The van der Waals surface area contributed by atoms with E-state index in [0.29, 0.717) is 37.8 Å². The molecule has 0 saturated carbocycles. The summed E-state index contributed by atoms with van der Waals surface area (Å²) < 4.78 is 11.1. The summed E-state index contributed by atoms with van der Waals surface area (Å²) in [5.74, 6) is 1.04. The van der Waals surface area contributed by atoms with Crippen molar-refractivity contribution in [2.75, 3.05) is 62.6 Å². The van der Waals surface area contributed by atoms with E-state index in [0.717, 1.165) is 54.2 Å². The molecular weight excluding hydrogens is 502 g/mol. The fourth-order valence-corrected chi connectivity index (χ4v) is 4.77. The molecule has 1 atom stereocenters. The number of nitrogens with zero attached hydrogens (tertiary/aromatic N) is 5. The average molecular weight is 534 g/mol. The van der Waals surface area contributed by atoms with E-state index in [1.165, 1.54) is 6.26 Å². The van der Waals surface area contributed by atoms with Crippen LogP contribution >= 0.6 is 13.5 Å². The van der Waals surface area contributed by atoms with Crippen molar-refractivity contribution in [3.63, 3.8) is 0 Å². The number of pyridine rings is 1. The highest BCUT2D eigenvalue weighted by atomic mass is 32.1. The van der Waals surface area contributed by atoms with E-state index in [9.17, 15) is 4.79 Å². The number of ether oxygens (including phenoxy) is 1. The molecule has 2 N–H and O–H groups in total. The first-order valence-corrected chi connectivity index (χ1v) is 12.6. The van der Waals surface area contributed by atoms with Gasteiger partial charge in [-0.2, -0.15) is 13.5 Å². The van der Waals surface area contributed by atoms with Gasteiger partial charge >= 0.3 is 0 Å². The zero-order chi connectivity index (χ0) is 25.0. The lowest BCUT2D eigenvalue weighted by Gasteiger charge is -2.35. The van der Waals surface area contributed by atoms with E-state index in [4.69, 9.17) is 14.1 Å². The monoisotopic (exact) mass is 533 g/mol. The minimum atomic E-state index is -0.0544. The summed E-state index contributed by atoms with van der Waals surface area (Å²) in [6.45, 7) is 5.88. The smallest absolute Gasteiger partial charge is 0.289 e. The highest BCUT2D eigenvalue weighted by Crippen LogP contribution is 2.28. The molecule has 1 unspecified atom stereocenters. The van der Waals surface area contributed by atoms with E-state index < -0.39 is 0 Å². The number of anilines is 2. The molecule has 5 heterocycles. The molecule has 2 fully saturated rings.